The molecule has 0 fully saturated rings. The zero-order valence-corrected chi connectivity index (χ0v) is 14.2. The van der Waals surface area contributed by atoms with Gasteiger partial charge in [0.25, 0.3) is 11.6 Å². The smallest absolute Gasteiger partial charge is 0.293 e. The minimum atomic E-state index is -0.491. The van der Waals surface area contributed by atoms with Gasteiger partial charge in [-0.2, -0.15) is 0 Å². The Hall–Kier alpha value is -3.15. The van der Waals surface area contributed by atoms with Crippen LogP contribution in [0.4, 0.5) is 11.4 Å². The number of anilines is 1. The number of nitrogens with one attached hydrogen (secondary N) is 2. The minimum Gasteiger partial charge on any atom is -0.376 e. The normalized spacial score (nSPS) is 10.8. The van der Waals surface area contributed by atoms with E-state index in [2.05, 4.69) is 10.6 Å². The molecule has 2 aromatic rings. The fraction of sp³-hybridized carbons (Fsp3) is 0.211. The molecule has 0 radical (unpaired) electrons. The first-order chi connectivity index (χ1) is 12.0. The molecule has 6 nitrogen and oxygen atoms in total. The second-order valence-corrected chi connectivity index (χ2v) is 5.81. The number of hydrogen-bond donors (Lipinski definition) is 2. The topological polar surface area (TPSA) is 84.3 Å². The summed E-state index contributed by atoms with van der Waals surface area (Å²) in [7, 11) is 0. The van der Waals surface area contributed by atoms with Crippen molar-refractivity contribution in [2.24, 2.45) is 0 Å². The van der Waals surface area contributed by atoms with E-state index in [4.69, 9.17) is 0 Å². The summed E-state index contributed by atoms with van der Waals surface area (Å²) in [6.45, 7) is 4.11. The van der Waals surface area contributed by atoms with Gasteiger partial charge in [0.15, 0.2) is 0 Å². The predicted octanol–water partition coefficient (Wildman–Crippen LogP) is 3.86. The fourth-order valence-corrected chi connectivity index (χ4v) is 2.25. The Labute approximate surface area is 146 Å². The van der Waals surface area contributed by atoms with E-state index >= 15 is 0 Å². The van der Waals surface area contributed by atoms with Gasteiger partial charge in [0.05, 0.1) is 4.92 Å². The van der Waals surface area contributed by atoms with Gasteiger partial charge < -0.3 is 10.6 Å². The summed E-state index contributed by atoms with van der Waals surface area (Å²) in [4.78, 5) is 22.8. The van der Waals surface area contributed by atoms with Crippen molar-refractivity contribution in [3.05, 3.63) is 75.8 Å². The molecule has 130 valence electrons. The molecule has 0 saturated heterocycles. The predicted molar refractivity (Wildman–Crippen MR) is 99.7 cm³/mol. The summed E-state index contributed by atoms with van der Waals surface area (Å²) in [6.07, 6.45) is 3.82. The number of carbonyl (C=O) groups is 1. The molecule has 2 aromatic carbocycles. The molecule has 0 spiro atoms. The van der Waals surface area contributed by atoms with Gasteiger partial charge in [0.1, 0.15) is 5.69 Å². The Morgan fingerprint density at radius 1 is 1.20 bits per heavy atom. The maximum atomic E-state index is 12.0. The molecule has 2 rings (SSSR count). The summed E-state index contributed by atoms with van der Waals surface area (Å²) in [6, 6.07) is 14.2. The van der Waals surface area contributed by atoms with Gasteiger partial charge in [0.2, 0.25) is 0 Å². The molecule has 0 aliphatic carbocycles. The number of nitro benzene ring substituents is 1. The summed E-state index contributed by atoms with van der Waals surface area (Å²) in [5.41, 5.74) is 1.58. The lowest BCUT2D eigenvalue weighted by Crippen LogP contribution is -2.30. The van der Waals surface area contributed by atoms with E-state index in [1.54, 1.807) is 12.1 Å². The van der Waals surface area contributed by atoms with E-state index in [1.165, 1.54) is 6.07 Å². The minimum absolute atomic E-state index is 0.0347. The third-order valence-electron chi connectivity index (χ3n) is 3.40. The Balaban J connectivity index is 2.08. The molecule has 0 saturated carbocycles. The highest BCUT2D eigenvalue weighted by molar-refractivity contribution is 5.95. The highest BCUT2D eigenvalue weighted by Crippen LogP contribution is 2.25. The number of benzene rings is 2. The maximum absolute atomic E-state index is 12.0. The van der Waals surface area contributed by atoms with Crippen LogP contribution in [0.25, 0.3) is 6.08 Å². The first kappa shape index (κ1) is 18.2. The molecule has 25 heavy (non-hydrogen) atoms. The SMILES string of the molecule is CC(C)NC(=O)c1ccc(NC/C=C/c2ccccc2)c([N+](=O)[O-])c1. The van der Waals surface area contributed by atoms with E-state index in [9.17, 15) is 14.9 Å². The Kier molecular flexibility index (Phi) is 6.28. The van der Waals surface area contributed by atoms with Crippen LogP contribution in [0.1, 0.15) is 29.8 Å². The number of carbonyl (C=O) groups excluding carboxylic acids is 1. The van der Waals surface area contributed by atoms with Crippen LogP contribution in [0.5, 0.6) is 0 Å². The van der Waals surface area contributed by atoms with Crippen molar-refractivity contribution >= 4 is 23.4 Å². The van der Waals surface area contributed by atoms with Crippen molar-refractivity contribution < 1.29 is 9.72 Å². The van der Waals surface area contributed by atoms with Crippen molar-refractivity contribution in [1.29, 1.82) is 0 Å². The molecule has 0 atom stereocenters. The number of nitro groups is 1. The van der Waals surface area contributed by atoms with Crippen LogP contribution in [-0.4, -0.2) is 23.4 Å². The average Bonchev–Trinajstić information content (AvgIpc) is 2.59. The van der Waals surface area contributed by atoms with Gasteiger partial charge in [-0.15, -0.1) is 0 Å². The lowest BCUT2D eigenvalue weighted by Gasteiger charge is -2.10. The van der Waals surface area contributed by atoms with Crippen molar-refractivity contribution in [2.75, 3.05) is 11.9 Å². The van der Waals surface area contributed by atoms with E-state index in [0.29, 0.717) is 12.2 Å². The molecule has 0 heterocycles. The number of rotatable bonds is 7. The molecule has 0 unspecified atom stereocenters. The van der Waals surface area contributed by atoms with E-state index in [0.717, 1.165) is 5.56 Å². The van der Waals surface area contributed by atoms with Crippen LogP contribution in [-0.2, 0) is 0 Å². The fourth-order valence-electron chi connectivity index (χ4n) is 2.25. The van der Waals surface area contributed by atoms with Crippen molar-refractivity contribution in [2.45, 2.75) is 19.9 Å². The average molecular weight is 339 g/mol. The Morgan fingerprint density at radius 3 is 2.56 bits per heavy atom. The first-order valence-electron chi connectivity index (χ1n) is 8.02. The highest BCUT2D eigenvalue weighted by atomic mass is 16.6. The molecular weight excluding hydrogens is 318 g/mol. The number of hydrogen-bond acceptors (Lipinski definition) is 4. The molecule has 0 aliphatic heterocycles. The van der Waals surface area contributed by atoms with E-state index < -0.39 is 4.92 Å². The highest BCUT2D eigenvalue weighted by Gasteiger charge is 2.17. The number of amides is 1. The van der Waals surface area contributed by atoms with Gasteiger partial charge in [-0.25, -0.2) is 0 Å². The van der Waals surface area contributed by atoms with Crippen LogP contribution >= 0.6 is 0 Å². The second-order valence-electron chi connectivity index (χ2n) is 5.81. The molecular formula is C19H21N3O3. The lowest BCUT2D eigenvalue weighted by molar-refractivity contribution is -0.384. The first-order valence-corrected chi connectivity index (χ1v) is 8.02. The summed E-state index contributed by atoms with van der Waals surface area (Å²) in [5.74, 6) is -0.325. The molecule has 6 heteroatoms. The number of nitrogens with zero attached hydrogens (tertiary/aromatic N) is 1. The molecule has 0 aromatic heterocycles. The van der Waals surface area contributed by atoms with Crippen molar-refractivity contribution in [3.8, 4) is 0 Å². The van der Waals surface area contributed by atoms with E-state index in [1.807, 2.05) is 56.3 Å². The van der Waals surface area contributed by atoms with Crippen LogP contribution < -0.4 is 10.6 Å². The molecule has 0 aliphatic rings. The lowest BCUT2D eigenvalue weighted by atomic mass is 10.1. The summed E-state index contributed by atoms with van der Waals surface area (Å²) >= 11 is 0. The van der Waals surface area contributed by atoms with Crippen molar-refractivity contribution in [1.82, 2.24) is 5.32 Å². The second kappa shape index (κ2) is 8.63. The quantitative estimate of drug-likeness (QED) is 0.592. The van der Waals surface area contributed by atoms with E-state index in [-0.39, 0.29) is 23.2 Å². The van der Waals surface area contributed by atoms with Gasteiger partial charge in [-0.05, 0) is 31.5 Å². The molecule has 0 bridgehead atoms. The van der Waals surface area contributed by atoms with Gasteiger partial charge in [-0.3, -0.25) is 14.9 Å². The zero-order valence-electron chi connectivity index (χ0n) is 14.2. The van der Waals surface area contributed by atoms with Crippen LogP contribution in [0.3, 0.4) is 0 Å². The van der Waals surface area contributed by atoms with Gasteiger partial charge in [-0.1, -0.05) is 42.5 Å². The van der Waals surface area contributed by atoms with Crippen LogP contribution in [0.2, 0.25) is 0 Å². The third kappa shape index (κ3) is 5.46. The standard InChI is InChI=1S/C19H21N3O3/c1-14(2)21-19(23)16-10-11-17(18(13-16)22(24)25)20-12-6-9-15-7-4-3-5-8-15/h3-11,13-14,20H,12H2,1-2H3,(H,21,23)/b9-6+. The van der Waals surface area contributed by atoms with Crippen LogP contribution in [0.15, 0.2) is 54.6 Å². The third-order valence-corrected chi connectivity index (χ3v) is 3.40. The largest absolute Gasteiger partial charge is 0.376 e. The van der Waals surface area contributed by atoms with Gasteiger partial charge in [0, 0.05) is 24.2 Å². The van der Waals surface area contributed by atoms with Crippen LogP contribution in [0, 0.1) is 10.1 Å². The van der Waals surface area contributed by atoms with Gasteiger partial charge >= 0.3 is 0 Å². The zero-order chi connectivity index (χ0) is 18.2. The van der Waals surface area contributed by atoms with Crippen molar-refractivity contribution in [3.63, 3.8) is 0 Å². The Morgan fingerprint density at radius 2 is 1.92 bits per heavy atom. The summed E-state index contributed by atoms with van der Waals surface area (Å²) < 4.78 is 0. The monoisotopic (exact) mass is 339 g/mol. The maximum Gasteiger partial charge on any atom is 0.293 e. The Bertz CT molecular complexity index is 771. The summed E-state index contributed by atoms with van der Waals surface area (Å²) in [5, 5.41) is 17.0. The molecule has 2 N–H and O–H groups in total. The molecule has 1 amide bonds.